The van der Waals surface area contributed by atoms with Crippen molar-refractivity contribution in [3.05, 3.63) is 71.0 Å². The molecule has 1 unspecified atom stereocenters. The first-order valence-corrected chi connectivity index (χ1v) is 10.3. The van der Waals surface area contributed by atoms with Gasteiger partial charge in [-0.25, -0.2) is 4.39 Å². The largest absolute Gasteiger partial charge is 0.416 e. The van der Waals surface area contributed by atoms with Crippen LogP contribution in [0.5, 0.6) is 0 Å². The third-order valence-corrected chi connectivity index (χ3v) is 5.00. The van der Waals surface area contributed by atoms with E-state index in [4.69, 9.17) is 4.84 Å². The van der Waals surface area contributed by atoms with Crippen molar-refractivity contribution >= 4 is 11.6 Å². The molecule has 0 fully saturated rings. The van der Waals surface area contributed by atoms with Crippen LogP contribution in [-0.4, -0.2) is 29.2 Å². The van der Waals surface area contributed by atoms with Gasteiger partial charge in [0.15, 0.2) is 6.10 Å². The predicted octanol–water partition coefficient (Wildman–Crippen LogP) is 5.80. The zero-order chi connectivity index (χ0) is 23.5. The number of nitrogens with zero attached hydrogens (tertiary/aromatic N) is 2. The molecule has 0 bridgehead atoms. The summed E-state index contributed by atoms with van der Waals surface area (Å²) in [6.45, 7) is 5.99. The standard InChI is InChI=1S/C24H26F4N2O2/c1-23(2,3)13-22(31)30(14-16-5-4-6-18(11-16)24(26,27)28)15-20-12-21(29-32-20)17-7-9-19(25)10-8-17/h4-11,20H,12-15H2,1-3H3. The zero-order valence-electron chi connectivity index (χ0n) is 18.2. The van der Waals surface area contributed by atoms with Crippen LogP contribution in [0.1, 0.15) is 50.3 Å². The van der Waals surface area contributed by atoms with Crippen LogP contribution >= 0.6 is 0 Å². The minimum Gasteiger partial charge on any atom is -0.390 e. The summed E-state index contributed by atoms with van der Waals surface area (Å²) in [5.41, 5.74) is 0.712. The van der Waals surface area contributed by atoms with Crippen LogP contribution in [-0.2, 0) is 22.4 Å². The van der Waals surface area contributed by atoms with Gasteiger partial charge < -0.3 is 9.74 Å². The summed E-state index contributed by atoms with van der Waals surface area (Å²) in [5, 5.41) is 4.06. The van der Waals surface area contributed by atoms with Crippen LogP contribution in [0.15, 0.2) is 53.7 Å². The highest BCUT2D eigenvalue weighted by atomic mass is 19.4. The Hall–Kier alpha value is -2.90. The lowest BCUT2D eigenvalue weighted by molar-refractivity contribution is -0.137. The molecule has 1 aliphatic rings. The third-order valence-electron chi connectivity index (χ3n) is 5.00. The van der Waals surface area contributed by atoms with Crippen molar-refractivity contribution in [1.82, 2.24) is 4.90 Å². The highest BCUT2D eigenvalue weighted by Gasteiger charge is 2.32. The molecule has 0 aromatic heterocycles. The van der Waals surface area contributed by atoms with E-state index in [0.29, 0.717) is 17.7 Å². The lowest BCUT2D eigenvalue weighted by atomic mass is 9.91. The van der Waals surface area contributed by atoms with Gasteiger partial charge in [0.25, 0.3) is 0 Å². The van der Waals surface area contributed by atoms with E-state index >= 15 is 0 Å². The average Bonchev–Trinajstić information content (AvgIpc) is 3.15. The summed E-state index contributed by atoms with van der Waals surface area (Å²) in [5.74, 6) is -0.529. The molecule has 1 atom stereocenters. The number of carbonyl (C=O) groups excluding carboxylic acids is 1. The average molecular weight is 450 g/mol. The number of oxime groups is 1. The van der Waals surface area contributed by atoms with E-state index in [1.807, 2.05) is 20.8 Å². The van der Waals surface area contributed by atoms with E-state index in [1.165, 1.54) is 23.1 Å². The first kappa shape index (κ1) is 23.8. The summed E-state index contributed by atoms with van der Waals surface area (Å²) in [6.07, 6.45) is -4.24. The maximum absolute atomic E-state index is 13.2. The Bertz CT molecular complexity index is 979. The van der Waals surface area contributed by atoms with Gasteiger partial charge in [0, 0.05) is 19.4 Å². The van der Waals surface area contributed by atoms with E-state index in [-0.39, 0.29) is 36.6 Å². The molecule has 1 heterocycles. The van der Waals surface area contributed by atoms with E-state index in [1.54, 1.807) is 18.2 Å². The second-order valence-electron chi connectivity index (χ2n) is 9.19. The first-order chi connectivity index (χ1) is 14.9. The van der Waals surface area contributed by atoms with Crippen LogP contribution < -0.4 is 0 Å². The molecule has 0 aliphatic carbocycles. The Balaban J connectivity index is 1.74. The monoisotopic (exact) mass is 450 g/mol. The Labute approximate surface area is 184 Å². The molecule has 0 saturated heterocycles. The number of alkyl halides is 3. The molecule has 2 aromatic carbocycles. The maximum Gasteiger partial charge on any atom is 0.416 e. The Morgan fingerprint density at radius 3 is 2.44 bits per heavy atom. The third kappa shape index (κ3) is 6.55. The molecule has 0 spiro atoms. The van der Waals surface area contributed by atoms with Gasteiger partial charge in [-0.05, 0) is 40.8 Å². The van der Waals surface area contributed by atoms with Gasteiger partial charge in [-0.1, -0.05) is 50.2 Å². The number of hydrogen-bond acceptors (Lipinski definition) is 3. The number of hydrogen-bond donors (Lipinski definition) is 0. The summed E-state index contributed by atoms with van der Waals surface area (Å²) in [6, 6.07) is 10.8. The topological polar surface area (TPSA) is 41.9 Å². The van der Waals surface area contributed by atoms with Crippen LogP contribution in [0.2, 0.25) is 0 Å². The predicted molar refractivity (Wildman–Crippen MR) is 113 cm³/mol. The number of benzene rings is 2. The van der Waals surface area contributed by atoms with Crippen molar-refractivity contribution in [2.24, 2.45) is 10.6 Å². The molecule has 3 rings (SSSR count). The van der Waals surface area contributed by atoms with Crippen molar-refractivity contribution < 1.29 is 27.2 Å². The summed E-state index contributed by atoms with van der Waals surface area (Å²) in [4.78, 5) is 20.0. The van der Waals surface area contributed by atoms with E-state index < -0.39 is 17.8 Å². The quantitative estimate of drug-likeness (QED) is 0.522. The van der Waals surface area contributed by atoms with E-state index in [0.717, 1.165) is 17.7 Å². The summed E-state index contributed by atoms with van der Waals surface area (Å²) < 4.78 is 52.5. The Kier molecular flexibility index (Phi) is 6.91. The maximum atomic E-state index is 13.2. The molecule has 4 nitrogen and oxygen atoms in total. The molecule has 32 heavy (non-hydrogen) atoms. The van der Waals surface area contributed by atoms with Gasteiger partial charge in [-0.2, -0.15) is 13.2 Å². The van der Waals surface area contributed by atoms with Gasteiger partial charge >= 0.3 is 6.18 Å². The van der Waals surface area contributed by atoms with Crippen molar-refractivity contribution in [2.75, 3.05) is 6.54 Å². The smallest absolute Gasteiger partial charge is 0.390 e. The Morgan fingerprint density at radius 1 is 1.12 bits per heavy atom. The fourth-order valence-corrected chi connectivity index (χ4v) is 3.47. The molecule has 0 N–H and O–H groups in total. The second kappa shape index (κ2) is 9.30. The Morgan fingerprint density at radius 2 is 1.81 bits per heavy atom. The van der Waals surface area contributed by atoms with Crippen molar-refractivity contribution in [3.63, 3.8) is 0 Å². The molecule has 2 aromatic rings. The van der Waals surface area contributed by atoms with Crippen LogP contribution in [0.4, 0.5) is 17.6 Å². The molecule has 8 heteroatoms. The van der Waals surface area contributed by atoms with E-state index in [9.17, 15) is 22.4 Å². The van der Waals surface area contributed by atoms with Gasteiger partial charge in [0.2, 0.25) is 5.91 Å². The van der Waals surface area contributed by atoms with Gasteiger partial charge in [-0.3, -0.25) is 4.79 Å². The molecule has 0 radical (unpaired) electrons. The van der Waals surface area contributed by atoms with Gasteiger partial charge in [0.1, 0.15) is 5.82 Å². The van der Waals surface area contributed by atoms with Crippen LogP contribution in [0, 0.1) is 11.2 Å². The number of rotatable bonds is 6. The number of halogens is 4. The highest BCUT2D eigenvalue weighted by Crippen LogP contribution is 2.30. The minimum absolute atomic E-state index is 0.0323. The van der Waals surface area contributed by atoms with Crippen molar-refractivity contribution in [3.8, 4) is 0 Å². The highest BCUT2D eigenvalue weighted by molar-refractivity contribution is 6.01. The van der Waals surface area contributed by atoms with Crippen molar-refractivity contribution in [1.29, 1.82) is 0 Å². The number of amides is 1. The lowest BCUT2D eigenvalue weighted by Crippen LogP contribution is -2.38. The second-order valence-corrected chi connectivity index (χ2v) is 9.19. The lowest BCUT2D eigenvalue weighted by Gasteiger charge is -2.28. The normalized spacial score (nSPS) is 16.5. The fraction of sp³-hybridized carbons (Fsp3) is 0.417. The van der Waals surface area contributed by atoms with Crippen molar-refractivity contribution in [2.45, 2.75) is 52.4 Å². The van der Waals surface area contributed by atoms with E-state index in [2.05, 4.69) is 5.16 Å². The summed E-state index contributed by atoms with van der Waals surface area (Å²) in [7, 11) is 0. The molecule has 1 aliphatic heterocycles. The number of carbonyl (C=O) groups is 1. The van der Waals surface area contributed by atoms with Gasteiger partial charge in [0.05, 0.1) is 17.8 Å². The SMILES string of the molecule is CC(C)(C)CC(=O)N(Cc1cccc(C(F)(F)F)c1)CC1CC(c2ccc(F)cc2)=NO1. The van der Waals surface area contributed by atoms with Crippen LogP contribution in [0.3, 0.4) is 0 Å². The molecule has 172 valence electrons. The molecule has 1 amide bonds. The molecular weight excluding hydrogens is 424 g/mol. The minimum atomic E-state index is -4.46. The first-order valence-electron chi connectivity index (χ1n) is 10.3. The zero-order valence-corrected chi connectivity index (χ0v) is 18.2. The van der Waals surface area contributed by atoms with Gasteiger partial charge in [-0.15, -0.1) is 0 Å². The molecule has 0 saturated carbocycles. The van der Waals surface area contributed by atoms with Crippen LogP contribution in [0.25, 0.3) is 0 Å². The summed E-state index contributed by atoms with van der Waals surface area (Å²) >= 11 is 0. The molecular formula is C24H26F4N2O2. The fourth-order valence-electron chi connectivity index (χ4n) is 3.47.